The summed E-state index contributed by atoms with van der Waals surface area (Å²) in [6.07, 6.45) is 0.694. The quantitative estimate of drug-likeness (QED) is 0.498. The van der Waals surface area contributed by atoms with Gasteiger partial charge in [-0.15, -0.1) is 21.5 Å². The Balaban J connectivity index is 1.71. The van der Waals surface area contributed by atoms with Crippen molar-refractivity contribution in [2.45, 2.75) is 13.3 Å². The van der Waals surface area contributed by atoms with Crippen LogP contribution in [-0.4, -0.2) is 16.1 Å². The number of fused-ring (bicyclic) bond motifs is 1. The molecule has 0 radical (unpaired) electrons. The fraction of sp³-hybridized carbons (Fsp3) is 0.0952. The molecule has 27 heavy (non-hydrogen) atoms. The maximum Gasteiger partial charge on any atom is 0.267 e. The molecule has 0 atom stereocenters. The molecule has 0 spiro atoms. The highest BCUT2D eigenvalue weighted by Crippen LogP contribution is 2.33. The number of nitrogens with zero attached hydrogens (tertiary/aromatic N) is 2. The fourth-order valence-corrected chi connectivity index (χ4v) is 4.14. The van der Waals surface area contributed by atoms with E-state index in [1.807, 2.05) is 18.2 Å². The van der Waals surface area contributed by atoms with Crippen LogP contribution in [0.5, 0.6) is 0 Å². The zero-order valence-electron chi connectivity index (χ0n) is 14.6. The topological polar surface area (TPSA) is 54.9 Å². The first-order valence-corrected chi connectivity index (χ1v) is 9.66. The highest BCUT2D eigenvalue weighted by Gasteiger charge is 2.19. The number of hydrogen-bond acceptors (Lipinski definition) is 4. The van der Waals surface area contributed by atoms with Gasteiger partial charge >= 0.3 is 0 Å². The van der Waals surface area contributed by atoms with E-state index in [0.717, 1.165) is 15.6 Å². The van der Waals surface area contributed by atoms with Gasteiger partial charge in [0.1, 0.15) is 0 Å². The maximum absolute atomic E-state index is 12.9. The van der Waals surface area contributed by atoms with Crippen LogP contribution in [0.25, 0.3) is 10.1 Å². The Labute approximate surface area is 165 Å². The van der Waals surface area contributed by atoms with Gasteiger partial charge in [-0.25, -0.2) is 0 Å². The number of carbonyl (C=O) groups excluding carboxylic acids is 1. The van der Waals surface area contributed by atoms with Crippen molar-refractivity contribution >= 4 is 44.7 Å². The average molecular weight is 394 g/mol. The summed E-state index contributed by atoms with van der Waals surface area (Å²) in [5.74, 6) is 0.193. The number of hydrogen-bond donors (Lipinski definition) is 1. The zero-order valence-corrected chi connectivity index (χ0v) is 16.1. The van der Waals surface area contributed by atoms with Gasteiger partial charge in [0.2, 0.25) is 0 Å². The van der Waals surface area contributed by atoms with E-state index in [0.29, 0.717) is 17.1 Å². The highest BCUT2D eigenvalue weighted by molar-refractivity contribution is 7.21. The first-order chi connectivity index (χ1) is 13.1. The second-order valence-electron chi connectivity index (χ2n) is 6.26. The molecule has 0 aliphatic heterocycles. The molecule has 4 nitrogen and oxygen atoms in total. The number of halogens is 1. The summed E-state index contributed by atoms with van der Waals surface area (Å²) in [4.78, 5) is 13.6. The van der Waals surface area contributed by atoms with Crippen LogP contribution in [0.15, 0.2) is 60.7 Å². The monoisotopic (exact) mass is 393 g/mol. The van der Waals surface area contributed by atoms with E-state index in [-0.39, 0.29) is 11.1 Å². The predicted octanol–water partition coefficient (Wildman–Crippen LogP) is 5.50. The summed E-state index contributed by atoms with van der Waals surface area (Å²) < 4.78 is 1.09. The van der Waals surface area contributed by atoms with E-state index in [1.165, 1.54) is 22.5 Å². The van der Waals surface area contributed by atoms with Crippen molar-refractivity contribution in [2.75, 3.05) is 5.32 Å². The van der Waals surface area contributed by atoms with Crippen molar-refractivity contribution in [3.63, 3.8) is 0 Å². The summed E-state index contributed by atoms with van der Waals surface area (Å²) in [5, 5.41) is 11.9. The molecule has 2 aromatic carbocycles. The largest absolute Gasteiger partial charge is 0.304 e. The van der Waals surface area contributed by atoms with Gasteiger partial charge in [-0.1, -0.05) is 59.6 Å². The molecule has 0 fully saturated rings. The first kappa shape index (κ1) is 17.6. The van der Waals surface area contributed by atoms with Gasteiger partial charge in [-0.2, -0.15) is 0 Å². The van der Waals surface area contributed by atoms with E-state index in [4.69, 9.17) is 11.6 Å². The standard InChI is InChI=1S/C21H16ClN3OS/c1-13-6-8-14(9-7-13)12-16-15-4-2-3-5-17(15)27-20(16)21(26)23-19-11-10-18(22)24-25-19/h2-11H,12H2,1H3,(H,23,25,26). The Morgan fingerprint density at radius 1 is 1.04 bits per heavy atom. The molecular weight excluding hydrogens is 378 g/mol. The van der Waals surface area contributed by atoms with Gasteiger partial charge in [0.25, 0.3) is 5.91 Å². The smallest absolute Gasteiger partial charge is 0.267 e. The van der Waals surface area contributed by atoms with Crippen LogP contribution in [0.2, 0.25) is 5.15 Å². The lowest BCUT2D eigenvalue weighted by Gasteiger charge is -2.07. The maximum atomic E-state index is 12.9. The van der Waals surface area contributed by atoms with Gasteiger partial charge in [-0.05, 0) is 48.1 Å². The molecule has 0 bridgehead atoms. The summed E-state index contributed by atoms with van der Waals surface area (Å²) in [7, 11) is 0. The summed E-state index contributed by atoms with van der Waals surface area (Å²) in [6, 6.07) is 19.7. The Morgan fingerprint density at radius 2 is 1.81 bits per heavy atom. The van der Waals surface area contributed by atoms with Crippen molar-refractivity contribution in [3.8, 4) is 0 Å². The SMILES string of the molecule is Cc1ccc(Cc2c(C(=O)Nc3ccc(Cl)nn3)sc3ccccc23)cc1. The molecule has 6 heteroatoms. The molecule has 134 valence electrons. The molecule has 0 unspecified atom stereocenters. The second kappa shape index (κ2) is 7.47. The third-order valence-corrected chi connectivity index (χ3v) is 5.69. The molecular formula is C21H16ClN3OS. The van der Waals surface area contributed by atoms with E-state index in [1.54, 1.807) is 12.1 Å². The van der Waals surface area contributed by atoms with Crippen molar-refractivity contribution in [3.05, 3.63) is 87.4 Å². The minimum absolute atomic E-state index is 0.185. The van der Waals surface area contributed by atoms with Gasteiger partial charge in [0, 0.05) is 4.70 Å². The van der Waals surface area contributed by atoms with Crippen LogP contribution in [0.1, 0.15) is 26.4 Å². The number of rotatable bonds is 4. The first-order valence-electron chi connectivity index (χ1n) is 8.47. The third kappa shape index (κ3) is 3.84. The fourth-order valence-electron chi connectivity index (χ4n) is 2.92. The third-order valence-electron chi connectivity index (χ3n) is 4.28. The number of anilines is 1. The summed E-state index contributed by atoms with van der Waals surface area (Å²) >= 11 is 7.25. The normalized spacial score (nSPS) is 10.9. The van der Waals surface area contributed by atoms with Gasteiger partial charge in [0.05, 0.1) is 4.88 Å². The number of thiophene rings is 1. The average Bonchev–Trinajstić information content (AvgIpc) is 3.04. The molecule has 4 aromatic rings. The zero-order chi connectivity index (χ0) is 18.8. The number of benzene rings is 2. The molecule has 1 N–H and O–H groups in total. The van der Waals surface area contributed by atoms with Crippen LogP contribution >= 0.6 is 22.9 Å². The van der Waals surface area contributed by atoms with Crippen molar-refractivity contribution in [1.82, 2.24) is 10.2 Å². The predicted molar refractivity (Wildman–Crippen MR) is 111 cm³/mol. The van der Waals surface area contributed by atoms with Crippen LogP contribution in [-0.2, 0) is 6.42 Å². The number of carbonyl (C=O) groups is 1. The highest BCUT2D eigenvalue weighted by atomic mass is 35.5. The Bertz CT molecular complexity index is 1100. The number of aryl methyl sites for hydroxylation is 1. The van der Waals surface area contributed by atoms with Crippen molar-refractivity contribution in [1.29, 1.82) is 0 Å². The molecule has 2 aromatic heterocycles. The molecule has 0 aliphatic carbocycles. The lowest BCUT2D eigenvalue weighted by molar-refractivity contribution is 0.102. The van der Waals surface area contributed by atoms with E-state index >= 15 is 0 Å². The molecule has 0 saturated heterocycles. The van der Waals surface area contributed by atoms with Crippen molar-refractivity contribution < 1.29 is 4.79 Å². The molecule has 1 amide bonds. The van der Waals surface area contributed by atoms with Gasteiger partial charge in [-0.3, -0.25) is 4.79 Å². The summed E-state index contributed by atoms with van der Waals surface area (Å²) in [5.41, 5.74) is 3.41. The number of nitrogens with one attached hydrogen (secondary N) is 1. The van der Waals surface area contributed by atoms with Gasteiger partial charge in [0.15, 0.2) is 11.0 Å². The lowest BCUT2D eigenvalue weighted by atomic mass is 10.0. The van der Waals surface area contributed by atoms with E-state index in [2.05, 4.69) is 52.8 Å². The minimum Gasteiger partial charge on any atom is -0.304 e. The number of aromatic nitrogens is 2. The Kier molecular flexibility index (Phi) is 4.88. The Morgan fingerprint density at radius 3 is 2.56 bits per heavy atom. The van der Waals surface area contributed by atoms with E-state index in [9.17, 15) is 4.79 Å². The van der Waals surface area contributed by atoms with Gasteiger partial charge < -0.3 is 5.32 Å². The molecule has 4 rings (SSSR count). The van der Waals surface area contributed by atoms with Crippen molar-refractivity contribution in [2.24, 2.45) is 0 Å². The van der Waals surface area contributed by atoms with Crippen LogP contribution in [0, 0.1) is 6.92 Å². The molecule has 2 heterocycles. The van der Waals surface area contributed by atoms with Crippen LogP contribution in [0.3, 0.4) is 0 Å². The number of amides is 1. The Hall–Kier alpha value is -2.76. The van der Waals surface area contributed by atoms with Crippen LogP contribution in [0.4, 0.5) is 5.82 Å². The molecule has 0 saturated carbocycles. The molecule has 0 aliphatic rings. The summed E-state index contributed by atoms with van der Waals surface area (Å²) in [6.45, 7) is 2.07. The van der Waals surface area contributed by atoms with Crippen LogP contribution < -0.4 is 5.32 Å². The van der Waals surface area contributed by atoms with E-state index < -0.39 is 0 Å². The second-order valence-corrected chi connectivity index (χ2v) is 7.70. The minimum atomic E-state index is -0.185. The lowest BCUT2D eigenvalue weighted by Crippen LogP contribution is -2.13.